The zero-order valence-electron chi connectivity index (χ0n) is 9.82. The number of aryl methyl sites for hydroxylation is 2. The molecule has 0 aliphatic carbocycles. The average Bonchev–Trinajstić information content (AvgIpc) is 2.43. The van der Waals surface area contributed by atoms with Crippen molar-refractivity contribution in [3.8, 4) is 0 Å². The molecular weight excluding hydrogens is 188 g/mol. The molecule has 1 aromatic rings. The van der Waals surface area contributed by atoms with E-state index < -0.39 is 0 Å². The zero-order valence-corrected chi connectivity index (χ0v) is 9.82. The lowest BCUT2D eigenvalue weighted by Crippen LogP contribution is -2.64. The number of nitrogens with zero attached hydrogens (tertiary/aromatic N) is 3. The SMILES string of the molecule is CCn1nc(C)cc1CN1CC(C)(N)C1. The predicted molar refractivity (Wildman–Crippen MR) is 60.5 cm³/mol. The minimum Gasteiger partial charge on any atom is -0.323 e. The maximum atomic E-state index is 5.98. The minimum absolute atomic E-state index is 0.0200. The van der Waals surface area contributed by atoms with Gasteiger partial charge >= 0.3 is 0 Å². The molecule has 1 saturated heterocycles. The van der Waals surface area contributed by atoms with Gasteiger partial charge < -0.3 is 5.73 Å². The van der Waals surface area contributed by atoms with Gasteiger partial charge in [-0.15, -0.1) is 0 Å². The number of hydrogen-bond donors (Lipinski definition) is 1. The monoisotopic (exact) mass is 208 g/mol. The van der Waals surface area contributed by atoms with Crippen LogP contribution in [0.1, 0.15) is 25.2 Å². The summed E-state index contributed by atoms with van der Waals surface area (Å²) in [6, 6.07) is 2.16. The summed E-state index contributed by atoms with van der Waals surface area (Å²) in [5, 5.41) is 4.44. The molecule has 1 aromatic heterocycles. The van der Waals surface area contributed by atoms with Gasteiger partial charge in [0, 0.05) is 31.7 Å². The highest BCUT2D eigenvalue weighted by atomic mass is 15.3. The molecule has 4 heteroatoms. The minimum atomic E-state index is 0.0200. The summed E-state index contributed by atoms with van der Waals surface area (Å²) in [4.78, 5) is 2.36. The zero-order chi connectivity index (χ0) is 11.1. The number of aromatic nitrogens is 2. The Morgan fingerprint density at radius 3 is 2.73 bits per heavy atom. The van der Waals surface area contributed by atoms with Gasteiger partial charge in [0.25, 0.3) is 0 Å². The molecule has 1 fully saturated rings. The molecule has 0 unspecified atom stereocenters. The third kappa shape index (κ3) is 2.21. The van der Waals surface area contributed by atoms with E-state index in [1.54, 1.807) is 0 Å². The second-order valence-electron chi connectivity index (χ2n) is 4.89. The van der Waals surface area contributed by atoms with Crippen molar-refractivity contribution in [3.05, 3.63) is 17.5 Å². The highest BCUT2D eigenvalue weighted by Gasteiger charge is 2.34. The molecule has 0 aromatic carbocycles. The normalized spacial score (nSPS) is 20.3. The lowest BCUT2D eigenvalue weighted by Gasteiger charge is -2.45. The van der Waals surface area contributed by atoms with E-state index in [-0.39, 0.29) is 5.54 Å². The maximum absolute atomic E-state index is 5.98. The highest BCUT2D eigenvalue weighted by molar-refractivity contribution is 5.10. The van der Waals surface area contributed by atoms with Crippen molar-refractivity contribution in [3.63, 3.8) is 0 Å². The van der Waals surface area contributed by atoms with Crippen molar-refractivity contribution in [1.29, 1.82) is 0 Å². The van der Waals surface area contributed by atoms with Gasteiger partial charge in [0.1, 0.15) is 0 Å². The second kappa shape index (κ2) is 3.61. The molecule has 2 N–H and O–H groups in total. The van der Waals surface area contributed by atoms with Gasteiger partial charge in [0.2, 0.25) is 0 Å². The van der Waals surface area contributed by atoms with Crippen LogP contribution in [0.15, 0.2) is 6.07 Å². The molecule has 0 spiro atoms. The van der Waals surface area contributed by atoms with Crippen molar-refractivity contribution in [2.24, 2.45) is 5.73 Å². The smallest absolute Gasteiger partial charge is 0.0597 e. The fraction of sp³-hybridized carbons (Fsp3) is 0.727. The quantitative estimate of drug-likeness (QED) is 0.797. The van der Waals surface area contributed by atoms with E-state index in [0.29, 0.717) is 0 Å². The summed E-state index contributed by atoms with van der Waals surface area (Å²) in [5.41, 5.74) is 8.39. The molecule has 0 saturated carbocycles. The van der Waals surface area contributed by atoms with Crippen LogP contribution in [0, 0.1) is 6.92 Å². The number of nitrogens with two attached hydrogens (primary N) is 1. The van der Waals surface area contributed by atoms with E-state index in [2.05, 4.69) is 34.6 Å². The highest BCUT2D eigenvalue weighted by Crippen LogP contribution is 2.20. The third-order valence-corrected chi connectivity index (χ3v) is 2.84. The van der Waals surface area contributed by atoms with E-state index in [1.165, 1.54) is 5.69 Å². The van der Waals surface area contributed by atoms with Gasteiger partial charge in [0.05, 0.1) is 11.4 Å². The molecule has 1 aliphatic heterocycles. The van der Waals surface area contributed by atoms with Gasteiger partial charge in [-0.05, 0) is 26.8 Å². The van der Waals surface area contributed by atoms with Crippen molar-refractivity contribution in [1.82, 2.24) is 14.7 Å². The summed E-state index contributed by atoms with van der Waals surface area (Å²) in [6.07, 6.45) is 0. The van der Waals surface area contributed by atoms with Gasteiger partial charge in [-0.2, -0.15) is 5.10 Å². The summed E-state index contributed by atoms with van der Waals surface area (Å²) in [6.45, 7) is 10.2. The van der Waals surface area contributed by atoms with Crippen LogP contribution < -0.4 is 5.73 Å². The first kappa shape index (κ1) is 10.6. The Kier molecular flexibility index (Phi) is 2.56. The van der Waals surface area contributed by atoms with E-state index >= 15 is 0 Å². The summed E-state index contributed by atoms with van der Waals surface area (Å²) < 4.78 is 2.07. The van der Waals surface area contributed by atoms with Crippen molar-refractivity contribution < 1.29 is 0 Å². The van der Waals surface area contributed by atoms with Gasteiger partial charge in [-0.25, -0.2) is 0 Å². The first-order valence-electron chi connectivity index (χ1n) is 5.55. The lowest BCUT2D eigenvalue weighted by molar-refractivity contribution is 0.0736. The van der Waals surface area contributed by atoms with Crippen LogP contribution in [0.4, 0.5) is 0 Å². The fourth-order valence-corrected chi connectivity index (χ4v) is 2.32. The standard InChI is InChI=1S/C11H20N4/c1-4-15-10(5-9(2)13-15)6-14-7-11(3,12)8-14/h5H,4,6-8,12H2,1-3H3. The Labute approximate surface area is 91.1 Å². The Hall–Kier alpha value is -0.870. The molecule has 15 heavy (non-hydrogen) atoms. The topological polar surface area (TPSA) is 47.1 Å². The van der Waals surface area contributed by atoms with E-state index in [1.807, 2.05) is 6.92 Å². The lowest BCUT2D eigenvalue weighted by atomic mass is 9.94. The summed E-state index contributed by atoms with van der Waals surface area (Å²) in [7, 11) is 0. The number of likely N-dealkylation sites (tertiary alicyclic amines) is 1. The molecule has 1 aliphatic rings. The van der Waals surface area contributed by atoms with Gasteiger partial charge in [0.15, 0.2) is 0 Å². The molecule has 2 heterocycles. The third-order valence-electron chi connectivity index (χ3n) is 2.84. The Morgan fingerprint density at radius 2 is 2.20 bits per heavy atom. The van der Waals surface area contributed by atoms with Gasteiger partial charge in [-0.1, -0.05) is 0 Å². The Bertz CT molecular complexity index is 345. The average molecular weight is 208 g/mol. The molecule has 84 valence electrons. The van der Waals surface area contributed by atoms with Crippen LogP contribution in [0.2, 0.25) is 0 Å². The van der Waals surface area contributed by atoms with Crippen LogP contribution in [0.3, 0.4) is 0 Å². The van der Waals surface area contributed by atoms with Gasteiger partial charge in [-0.3, -0.25) is 9.58 Å². The van der Waals surface area contributed by atoms with E-state index in [9.17, 15) is 0 Å². The molecule has 0 amide bonds. The maximum Gasteiger partial charge on any atom is 0.0597 e. The van der Waals surface area contributed by atoms with Crippen LogP contribution in [-0.4, -0.2) is 33.3 Å². The fourth-order valence-electron chi connectivity index (χ4n) is 2.32. The summed E-state index contributed by atoms with van der Waals surface area (Å²) in [5.74, 6) is 0. The van der Waals surface area contributed by atoms with Crippen LogP contribution in [-0.2, 0) is 13.1 Å². The summed E-state index contributed by atoms with van der Waals surface area (Å²) >= 11 is 0. The molecular formula is C11H20N4. The first-order chi connectivity index (χ1) is 7.00. The number of rotatable bonds is 3. The molecule has 4 nitrogen and oxygen atoms in total. The number of hydrogen-bond acceptors (Lipinski definition) is 3. The molecule has 2 rings (SSSR count). The molecule has 0 bridgehead atoms. The molecule has 0 atom stereocenters. The Morgan fingerprint density at radius 1 is 1.53 bits per heavy atom. The Balaban J connectivity index is 1.99. The molecule has 0 radical (unpaired) electrons. The van der Waals surface area contributed by atoms with Crippen molar-refractivity contribution in [2.45, 2.75) is 39.4 Å². The first-order valence-corrected chi connectivity index (χ1v) is 5.55. The van der Waals surface area contributed by atoms with Crippen LogP contribution in [0.5, 0.6) is 0 Å². The van der Waals surface area contributed by atoms with Crippen LogP contribution in [0.25, 0.3) is 0 Å². The second-order valence-corrected chi connectivity index (χ2v) is 4.89. The van der Waals surface area contributed by atoms with Crippen molar-refractivity contribution >= 4 is 0 Å². The predicted octanol–water partition coefficient (Wildman–Crippen LogP) is 0.744. The van der Waals surface area contributed by atoms with E-state index in [4.69, 9.17) is 5.73 Å². The van der Waals surface area contributed by atoms with Crippen LogP contribution >= 0.6 is 0 Å². The van der Waals surface area contributed by atoms with Crippen molar-refractivity contribution in [2.75, 3.05) is 13.1 Å². The van der Waals surface area contributed by atoms with E-state index in [0.717, 1.165) is 31.9 Å². The largest absolute Gasteiger partial charge is 0.323 e.